The summed E-state index contributed by atoms with van der Waals surface area (Å²) in [5, 5.41) is 28.2. The van der Waals surface area contributed by atoms with E-state index in [2.05, 4.69) is 15.6 Å². The summed E-state index contributed by atoms with van der Waals surface area (Å²) in [6.07, 6.45) is 0. The van der Waals surface area contributed by atoms with Crippen molar-refractivity contribution in [3.8, 4) is 17.1 Å². The molecule has 0 amide bonds. The number of hydrogen-bond acceptors (Lipinski definition) is 7. The molecule has 2 aromatic carbocycles. The second-order valence-corrected chi connectivity index (χ2v) is 6.50. The number of ether oxygens (including phenoxy) is 1. The summed E-state index contributed by atoms with van der Waals surface area (Å²) in [4.78, 5) is 0. The Kier molecular flexibility index (Phi) is 4.06. The van der Waals surface area contributed by atoms with Crippen LogP contribution in [0.2, 0.25) is 0 Å². The zero-order valence-corrected chi connectivity index (χ0v) is 14.0. The van der Waals surface area contributed by atoms with Crippen molar-refractivity contribution in [1.82, 2.24) is 14.9 Å². The number of benzene rings is 2. The monoisotopic (exact) mass is 357 g/mol. The highest BCUT2D eigenvalue weighted by atomic mass is 32.2. The molecule has 3 aromatic rings. The lowest BCUT2D eigenvalue weighted by Crippen LogP contribution is -2.99. The van der Waals surface area contributed by atoms with Crippen LogP contribution in [-0.4, -0.2) is 27.2 Å². The highest BCUT2D eigenvalue weighted by Gasteiger charge is 2.28. The molecule has 9 heteroatoms. The van der Waals surface area contributed by atoms with Crippen molar-refractivity contribution >= 4 is 17.4 Å². The van der Waals surface area contributed by atoms with Crippen LogP contribution in [0.3, 0.4) is 0 Å². The number of methoxy groups -OCH3 is 1. The summed E-state index contributed by atoms with van der Waals surface area (Å²) in [5.74, 6) is 1.50. The number of nitrogens with one attached hydrogen (secondary N) is 2. The minimum Gasteiger partial charge on any atom is -0.595 e. The van der Waals surface area contributed by atoms with E-state index in [1.807, 2.05) is 28.9 Å². The molecule has 25 heavy (non-hydrogen) atoms. The zero-order valence-electron chi connectivity index (χ0n) is 13.2. The molecule has 1 aliphatic heterocycles. The molecule has 128 valence electrons. The van der Waals surface area contributed by atoms with E-state index >= 15 is 0 Å². The number of aromatic nitrogens is 3. The first kappa shape index (κ1) is 15.9. The van der Waals surface area contributed by atoms with Crippen LogP contribution in [0.25, 0.3) is 11.4 Å². The number of fused-ring (bicyclic) bond motifs is 1. The van der Waals surface area contributed by atoms with E-state index < -0.39 is 5.23 Å². The van der Waals surface area contributed by atoms with Gasteiger partial charge in [0.2, 0.25) is 5.16 Å². The molecule has 0 saturated carbocycles. The number of hydrogen-bond donors (Lipinski definition) is 3. The molecule has 0 saturated heterocycles. The number of rotatable bonds is 4. The summed E-state index contributed by atoms with van der Waals surface area (Å²) in [7, 11) is 1.63. The molecule has 2 heterocycles. The van der Waals surface area contributed by atoms with E-state index in [0.29, 0.717) is 0 Å². The summed E-state index contributed by atoms with van der Waals surface area (Å²) in [5.41, 5.74) is 5.52. The average Bonchev–Trinajstić information content (AvgIpc) is 3.22. The Hall–Kier alpha value is -2.59. The van der Waals surface area contributed by atoms with Crippen LogP contribution in [0.1, 0.15) is 10.9 Å². The van der Waals surface area contributed by atoms with Crippen molar-refractivity contribution in [3.05, 3.63) is 59.3 Å². The van der Waals surface area contributed by atoms with Gasteiger partial charge in [-0.1, -0.05) is 11.8 Å². The van der Waals surface area contributed by atoms with Gasteiger partial charge in [0.25, 0.3) is 0 Å². The van der Waals surface area contributed by atoms with Gasteiger partial charge >= 0.3 is 0 Å². The third kappa shape index (κ3) is 2.94. The maximum absolute atomic E-state index is 11.0. The first-order chi connectivity index (χ1) is 12.2. The van der Waals surface area contributed by atoms with Gasteiger partial charge in [0.05, 0.1) is 7.11 Å². The van der Waals surface area contributed by atoms with Gasteiger partial charge in [-0.15, -0.1) is 10.2 Å². The SMILES string of the molecule is COc1ccc(-c2nnc3n2NC(c2ccc([NH+]([O-])O)cc2)S3)cc1. The van der Waals surface area contributed by atoms with Crippen molar-refractivity contribution in [3.63, 3.8) is 0 Å². The molecule has 4 rings (SSSR count). The third-order valence-corrected chi connectivity index (χ3v) is 5.00. The van der Waals surface area contributed by atoms with Crippen LogP contribution in [0.15, 0.2) is 53.7 Å². The van der Waals surface area contributed by atoms with Gasteiger partial charge in [-0.3, -0.25) is 0 Å². The lowest BCUT2D eigenvalue weighted by Gasteiger charge is -2.14. The summed E-state index contributed by atoms with van der Waals surface area (Å²) < 4.78 is 7.03. The number of thioether (sulfide) groups is 1. The van der Waals surface area contributed by atoms with Crippen molar-refractivity contribution in [2.45, 2.75) is 10.5 Å². The number of quaternary nitrogens is 1. The molecule has 3 N–H and O–H groups in total. The second-order valence-electron chi connectivity index (χ2n) is 5.42. The molecule has 2 unspecified atom stereocenters. The van der Waals surface area contributed by atoms with Crippen LogP contribution in [0.5, 0.6) is 5.75 Å². The molecular weight excluding hydrogens is 342 g/mol. The summed E-state index contributed by atoms with van der Waals surface area (Å²) in [6.45, 7) is 0. The summed E-state index contributed by atoms with van der Waals surface area (Å²) in [6, 6.07) is 14.4. The smallest absolute Gasteiger partial charge is 0.212 e. The quantitative estimate of drug-likeness (QED) is 0.611. The van der Waals surface area contributed by atoms with Crippen LogP contribution in [0.4, 0.5) is 5.69 Å². The molecule has 0 bridgehead atoms. The van der Waals surface area contributed by atoms with Crippen LogP contribution < -0.4 is 15.4 Å². The van der Waals surface area contributed by atoms with Crippen molar-refractivity contribution in [1.29, 1.82) is 0 Å². The highest BCUT2D eigenvalue weighted by Crippen LogP contribution is 2.40. The van der Waals surface area contributed by atoms with E-state index in [4.69, 9.17) is 9.94 Å². The van der Waals surface area contributed by atoms with Gasteiger partial charge in [-0.2, -0.15) is 5.23 Å². The van der Waals surface area contributed by atoms with Crippen molar-refractivity contribution in [2.24, 2.45) is 0 Å². The van der Waals surface area contributed by atoms with Gasteiger partial charge in [0.1, 0.15) is 11.1 Å². The van der Waals surface area contributed by atoms with Gasteiger partial charge in [-0.05, 0) is 42.0 Å². The van der Waals surface area contributed by atoms with Crippen molar-refractivity contribution < 1.29 is 15.2 Å². The lowest BCUT2D eigenvalue weighted by atomic mass is 10.2. The Balaban J connectivity index is 1.57. The Morgan fingerprint density at radius 3 is 2.52 bits per heavy atom. The first-order valence-corrected chi connectivity index (χ1v) is 8.40. The second kappa shape index (κ2) is 6.37. The minimum absolute atomic E-state index is 0.0506. The fourth-order valence-electron chi connectivity index (χ4n) is 2.58. The van der Waals surface area contributed by atoms with Gasteiger partial charge in [0.15, 0.2) is 11.5 Å². The Morgan fingerprint density at radius 1 is 1.16 bits per heavy atom. The largest absolute Gasteiger partial charge is 0.595 e. The number of nitrogens with zero attached hydrogens (tertiary/aromatic N) is 3. The molecular formula is C16H15N5O3S. The standard InChI is InChI=1S/C16H15N5O3S/c1-24-13-8-4-10(5-9-13)14-17-18-16-20(14)19-15(25-16)11-2-6-12(7-3-11)21(22)23/h2-9,15,19,21-22H,1H3. The zero-order chi connectivity index (χ0) is 17.4. The van der Waals surface area contributed by atoms with Crippen LogP contribution >= 0.6 is 11.8 Å². The predicted octanol–water partition coefficient (Wildman–Crippen LogP) is 1.71. The molecule has 1 aliphatic rings. The molecule has 1 aromatic heterocycles. The van der Waals surface area contributed by atoms with Crippen molar-refractivity contribution in [2.75, 3.05) is 12.5 Å². The fraction of sp³-hybridized carbons (Fsp3) is 0.125. The Labute approximate surface area is 147 Å². The first-order valence-electron chi connectivity index (χ1n) is 7.52. The highest BCUT2D eigenvalue weighted by molar-refractivity contribution is 7.99. The average molecular weight is 357 g/mol. The Bertz CT molecular complexity index is 880. The molecule has 0 radical (unpaired) electrons. The van der Waals surface area contributed by atoms with E-state index in [1.165, 1.54) is 11.8 Å². The molecule has 0 fully saturated rings. The van der Waals surface area contributed by atoms with Gasteiger partial charge in [0, 0.05) is 17.7 Å². The minimum atomic E-state index is -0.933. The fourth-order valence-corrected chi connectivity index (χ4v) is 3.58. The predicted molar refractivity (Wildman–Crippen MR) is 92.2 cm³/mol. The van der Waals surface area contributed by atoms with E-state index in [0.717, 1.165) is 27.9 Å². The normalized spacial score (nSPS) is 17.0. The van der Waals surface area contributed by atoms with Crippen LogP contribution in [-0.2, 0) is 0 Å². The molecule has 2 atom stereocenters. The van der Waals surface area contributed by atoms with E-state index in [-0.39, 0.29) is 11.1 Å². The van der Waals surface area contributed by atoms with Crippen LogP contribution in [0, 0.1) is 5.21 Å². The molecule has 8 nitrogen and oxygen atoms in total. The Morgan fingerprint density at radius 2 is 1.88 bits per heavy atom. The molecule has 0 spiro atoms. The van der Waals surface area contributed by atoms with Gasteiger partial charge in [-0.25, -0.2) is 9.88 Å². The maximum atomic E-state index is 11.0. The maximum Gasteiger partial charge on any atom is 0.212 e. The van der Waals surface area contributed by atoms with Gasteiger partial charge < -0.3 is 15.4 Å². The van der Waals surface area contributed by atoms with E-state index in [9.17, 15) is 5.21 Å². The third-order valence-electron chi connectivity index (χ3n) is 3.91. The topological polar surface area (TPSA) is 99.7 Å². The lowest BCUT2D eigenvalue weighted by molar-refractivity contribution is -0.991. The summed E-state index contributed by atoms with van der Waals surface area (Å²) >= 11 is 1.53. The van der Waals surface area contributed by atoms with E-state index in [1.54, 1.807) is 31.4 Å². The molecule has 0 aliphatic carbocycles.